The van der Waals surface area contributed by atoms with Crippen LogP contribution in [0.25, 0.3) is 11.4 Å². The fourth-order valence-electron chi connectivity index (χ4n) is 4.37. The number of hydrogen-bond donors (Lipinski definition) is 1. The van der Waals surface area contributed by atoms with Crippen molar-refractivity contribution >= 4 is 23.1 Å². The van der Waals surface area contributed by atoms with Crippen molar-refractivity contribution in [3.05, 3.63) is 71.2 Å². The van der Waals surface area contributed by atoms with Crippen molar-refractivity contribution in [1.82, 2.24) is 19.2 Å². The predicted molar refractivity (Wildman–Crippen MR) is 134 cm³/mol. The van der Waals surface area contributed by atoms with Gasteiger partial charge in [-0.3, -0.25) is 14.0 Å². The van der Waals surface area contributed by atoms with Crippen LogP contribution in [0.5, 0.6) is 5.75 Å². The van der Waals surface area contributed by atoms with E-state index in [4.69, 9.17) is 4.74 Å². The first kappa shape index (κ1) is 24.5. The lowest BCUT2D eigenvalue weighted by atomic mass is 9.96. The van der Waals surface area contributed by atoms with E-state index in [1.165, 1.54) is 0 Å². The minimum Gasteiger partial charge on any atom is -0.505 e. The van der Waals surface area contributed by atoms with Crippen LogP contribution in [-0.4, -0.2) is 69.8 Å². The van der Waals surface area contributed by atoms with Crippen molar-refractivity contribution in [2.45, 2.75) is 32.7 Å². The number of aryl methyl sites for hydroxylation is 1. The molecule has 0 spiro atoms. The molecule has 1 N–H and O–H groups in total. The van der Waals surface area contributed by atoms with Crippen molar-refractivity contribution in [1.29, 1.82) is 0 Å². The van der Waals surface area contributed by atoms with E-state index >= 15 is 0 Å². The highest BCUT2D eigenvalue weighted by atomic mass is 16.5. The number of Topliss-reactive ketones (excluding diaryl/α,β-unsaturated/α-hetero) is 1. The Morgan fingerprint density at radius 1 is 1.14 bits per heavy atom. The van der Waals surface area contributed by atoms with Gasteiger partial charge in [-0.1, -0.05) is 31.5 Å². The Morgan fingerprint density at radius 3 is 2.57 bits per heavy atom. The van der Waals surface area contributed by atoms with Crippen LogP contribution in [0.1, 0.15) is 42.8 Å². The van der Waals surface area contributed by atoms with E-state index in [1.54, 1.807) is 22.4 Å². The zero-order valence-electron chi connectivity index (χ0n) is 20.7. The number of ether oxygens (including phenoxy) is 1. The second-order valence-corrected chi connectivity index (χ2v) is 9.04. The molecule has 8 heteroatoms. The van der Waals surface area contributed by atoms with E-state index in [-0.39, 0.29) is 11.3 Å². The lowest BCUT2D eigenvalue weighted by molar-refractivity contribution is -0.140. The first-order valence-electron chi connectivity index (χ1n) is 11.9. The number of carbonyl (C=O) groups is 2. The number of likely N-dealkylation sites (N-methyl/N-ethyl adjacent to an activating group) is 1. The zero-order chi connectivity index (χ0) is 25.1. The molecule has 1 unspecified atom stereocenters. The molecule has 1 aromatic carbocycles. The number of imidazole rings is 1. The number of nitrogens with zero attached hydrogens (tertiary/aromatic N) is 4. The summed E-state index contributed by atoms with van der Waals surface area (Å²) in [5.41, 5.74) is 2.45. The molecule has 0 radical (unpaired) electrons. The fraction of sp³-hybridized carbons (Fsp3) is 0.370. The van der Waals surface area contributed by atoms with Crippen LogP contribution >= 0.6 is 0 Å². The maximum absolute atomic E-state index is 13.3. The summed E-state index contributed by atoms with van der Waals surface area (Å²) in [4.78, 5) is 34.4. The maximum atomic E-state index is 13.3. The third-order valence-electron chi connectivity index (χ3n) is 6.22. The summed E-state index contributed by atoms with van der Waals surface area (Å²) >= 11 is 0. The van der Waals surface area contributed by atoms with Crippen molar-refractivity contribution in [2.75, 3.05) is 33.8 Å². The number of ketones is 1. The van der Waals surface area contributed by atoms with E-state index in [9.17, 15) is 14.7 Å². The van der Waals surface area contributed by atoms with Crippen LogP contribution in [-0.2, 0) is 9.59 Å². The number of aliphatic hydroxyl groups excluding tert-OH is 1. The van der Waals surface area contributed by atoms with Crippen molar-refractivity contribution in [3.63, 3.8) is 0 Å². The van der Waals surface area contributed by atoms with Gasteiger partial charge in [-0.05, 0) is 57.3 Å². The smallest absolute Gasteiger partial charge is 0.295 e. The van der Waals surface area contributed by atoms with Crippen LogP contribution in [0.15, 0.2) is 54.2 Å². The van der Waals surface area contributed by atoms with E-state index < -0.39 is 17.7 Å². The summed E-state index contributed by atoms with van der Waals surface area (Å²) in [6, 6.07) is 12.2. The highest BCUT2D eigenvalue weighted by Crippen LogP contribution is 2.40. The Kier molecular flexibility index (Phi) is 7.21. The van der Waals surface area contributed by atoms with Gasteiger partial charge in [0, 0.05) is 19.3 Å². The minimum absolute atomic E-state index is 0.0714. The van der Waals surface area contributed by atoms with Gasteiger partial charge >= 0.3 is 0 Å². The predicted octanol–water partition coefficient (Wildman–Crippen LogP) is 3.80. The van der Waals surface area contributed by atoms with Gasteiger partial charge in [0.05, 0.1) is 23.9 Å². The number of fused-ring (bicyclic) bond motifs is 1. The fourth-order valence-corrected chi connectivity index (χ4v) is 4.37. The average Bonchev–Trinajstić information content (AvgIpc) is 3.31. The quantitative estimate of drug-likeness (QED) is 0.219. The average molecular weight is 477 g/mol. The maximum Gasteiger partial charge on any atom is 0.295 e. The number of unbranched alkanes of at least 4 members (excludes halogenated alkanes) is 1. The Labute approximate surface area is 205 Å². The summed E-state index contributed by atoms with van der Waals surface area (Å²) in [7, 11) is 3.83. The number of benzene rings is 1. The van der Waals surface area contributed by atoms with E-state index in [0.717, 1.165) is 24.2 Å². The molecule has 3 aromatic rings. The molecular weight excluding hydrogens is 444 g/mol. The van der Waals surface area contributed by atoms with Gasteiger partial charge in [-0.2, -0.15) is 0 Å². The highest BCUT2D eigenvalue weighted by molar-refractivity contribution is 6.46. The van der Waals surface area contributed by atoms with Gasteiger partial charge in [0.2, 0.25) is 0 Å². The second kappa shape index (κ2) is 10.3. The Bertz CT molecular complexity index is 1260. The normalized spacial score (nSPS) is 17.6. The lowest BCUT2D eigenvalue weighted by Gasteiger charge is -2.26. The summed E-state index contributed by atoms with van der Waals surface area (Å²) in [5.74, 6) is -0.807. The van der Waals surface area contributed by atoms with Crippen LogP contribution in [0.2, 0.25) is 0 Å². The van der Waals surface area contributed by atoms with Crippen LogP contribution in [0, 0.1) is 6.92 Å². The molecule has 1 saturated heterocycles. The summed E-state index contributed by atoms with van der Waals surface area (Å²) in [6.07, 6.45) is 3.79. The molecule has 184 valence electrons. The van der Waals surface area contributed by atoms with Gasteiger partial charge in [0.25, 0.3) is 11.7 Å². The molecule has 0 bridgehead atoms. The van der Waals surface area contributed by atoms with Gasteiger partial charge in [0.15, 0.2) is 5.76 Å². The van der Waals surface area contributed by atoms with Gasteiger partial charge in [-0.25, -0.2) is 4.98 Å². The largest absolute Gasteiger partial charge is 0.505 e. The number of aromatic nitrogens is 2. The second-order valence-electron chi connectivity index (χ2n) is 9.04. The monoisotopic (exact) mass is 476 g/mol. The lowest BCUT2D eigenvalue weighted by Crippen LogP contribution is -2.35. The number of likely N-dealkylation sites (tertiary alicyclic amines) is 1. The number of rotatable bonds is 9. The summed E-state index contributed by atoms with van der Waals surface area (Å²) < 4.78 is 7.52. The summed E-state index contributed by atoms with van der Waals surface area (Å²) in [5, 5.41) is 11.5. The van der Waals surface area contributed by atoms with E-state index in [0.29, 0.717) is 36.7 Å². The number of hydrogen-bond acceptors (Lipinski definition) is 6. The summed E-state index contributed by atoms with van der Waals surface area (Å²) in [6.45, 7) is 5.44. The first-order chi connectivity index (χ1) is 16.8. The minimum atomic E-state index is -0.715. The molecule has 0 saturated carbocycles. The van der Waals surface area contributed by atoms with Crippen LogP contribution in [0.4, 0.5) is 0 Å². The van der Waals surface area contributed by atoms with Crippen molar-refractivity contribution < 1.29 is 19.4 Å². The van der Waals surface area contributed by atoms with Crippen LogP contribution in [0.3, 0.4) is 0 Å². The molecule has 4 rings (SSSR count). The van der Waals surface area contributed by atoms with E-state index in [2.05, 4.69) is 11.9 Å². The van der Waals surface area contributed by atoms with Gasteiger partial charge in [0.1, 0.15) is 17.1 Å². The highest BCUT2D eigenvalue weighted by Gasteiger charge is 2.46. The molecule has 35 heavy (non-hydrogen) atoms. The Morgan fingerprint density at radius 2 is 1.89 bits per heavy atom. The molecule has 1 amide bonds. The Balaban J connectivity index is 1.81. The Hall–Kier alpha value is -3.65. The molecule has 3 heterocycles. The van der Waals surface area contributed by atoms with Crippen molar-refractivity contribution in [2.24, 2.45) is 0 Å². The number of pyridine rings is 1. The topological polar surface area (TPSA) is 87.4 Å². The van der Waals surface area contributed by atoms with Crippen LogP contribution < -0.4 is 4.74 Å². The van der Waals surface area contributed by atoms with Crippen molar-refractivity contribution in [3.8, 4) is 5.75 Å². The molecule has 2 aromatic heterocycles. The number of amides is 1. The SMILES string of the molecule is CCCCOc1ccc(C2C(=C(O)c3c(C)nc4ccccn34)C(=O)C(=O)N2CCN(C)C)cc1. The molecule has 1 atom stereocenters. The van der Waals surface area contributed by atoms with E-state index in [1.807, 2.05) is 61.5 Å². The molecule has 1 fully saturated rings. The standard InChI is InChI=1S/C27H32N4O4/c1-5-6-17-35-20-12-10-19(11-13-20)24-22(26(33)27(34)31(24)16-15-29(3)4)25(32)23-18(2)28-21-9-7-8-14-30(21)23/h7-14,24,32H,5-6,15-17H2,1-4H3. The first-order valence-corrected chi connectivity index (χ1v) is 11.9. The zero-order valence-corrected chi connectivity index (χ0v) is 20.7. The third kappa shape index (κ3) is 4.79. The molecule has 1 aliphatic rings. The molecular formula is C27H32N4O4. The number of aliphatic hydroxyl groups is 1. The molecule has 8 nitrogen and oxygen atoms in total. The van der Waals surface area contributed by atoms with Gasteiger partial charge in [-0.15, -0.1) is 0 Å². The van der Waals surface area contributed by atoms with Gasteiger partial charge < -0.3 is 19.6 Å². The molecule has 0 aliphatic carbocycles. The third-order valence-corrected chi connectivity index (χ3v) is 6.22. The molecule has 1 aliphatic heterocycles. The number of carbonyl (C=O) groups excluding carboxylic acids is 2.